The molecule has 5 heteroatoms. The number of unbranched alkanes of at least 4 members (excludes halogenated alkanes) is 1. The molecule has 0 spiro atoms. The number of aliphatic carboxylic acids is 1. The summed E-state index contributed by atoms with van der Waals surface area (Å²) in [5.74, 6) is -0.298. The van der Waals surface area contributed by atoms with E-state index >= 15 is 0 Å². The fraction of sp³-hybridized carbons (Fsp3) is 0.867. The first-order valence-corrected chi connectivity index (χ1v) is 7.81. The molecule has 20 heavy (non-hydrogen) atoms. The van der Waals surface area contributed by atoms with Crippen molar-refractivity contribution in [3.05, 3.63) is 0 Å². The Morgan fingerprint density at radius 1 is 1.15 bits per heavy atom. The zero-order chi connectivity index (χ0) is 15.0. The molecule has 1 rings (SSSR count). The van der Waals surface area contributed by atoms with Crippen LogP contribution in [0.25, 0.3) is 0 Å². The van der Waals surface area contributed by atoms with Crippen LogP contribution in [-0.2, 0) is 9.59 Å². The monoisotopic (exact) mass is 284 g/mol. The topological polar surface area (TPSA) is 60.9 Å². The summed E-state index contributed by atoms with van der Waals surface area (Å²) in [7, 11) is 0. The minimum atomic E-state index is -0.755. The summed E-state index contributed by atoms with van der Waals surface area (Å²) in [6, 6.07) is 0. The van der Waals surface area contributed by atoms with E-state index in [0.29, 0.717) is 12.5 Å². The quantitative estimate of drug-likeness (QED) is 0.738. The molecule has 0 aromatic carbocycles. The Hall–Kier alpha value is -1.10. The molecule has 0 saturated carbocycles. The minimum absolute atomic E-state index is 0.167. The van der Waals surface area contributed by atoms with Gasteiger partial charge in [-0.05, 0) is 12.8 Å². The van der Waals surface area contributed by atoms with Crippen LogP contribution < -0.4 is 0 Å². The van der Waals surface area contributed by atoms with Crippen LogP contribution in [0.3, 0.4) is 0 Å². The largest absolute Gasteiger partial charge is 0.481 e. The van der Waals surface area contributed by atoms with Gasteiger partial charge in [0.1, 0.15) is 0 Å². The summed E-state index contributed by atoms with van der Waals surface area (Å²) >= 11 is 0. The highest BCUT2D eigenvalue weighted by Crippen LogP contribution is 2.17. The van der Waals surface area contributed by atoms with Crippen LogP contribution in [-0.4, -0.2) is 59.5 Å². The van der Waals surface area contributed by atoms with Crippen molar-refractivity contribution in [1.29, 1.82) is 0 Å². The summed E-state index contributed by atoms with van der Waals surface area (Å²) in [5, 5.41) is 8.68. The van der Waals surface area contributed by atoms with Gasteiger partial charge >= 0.3 is 5.97 Å². The number of carbonyl (C=O) groups is 2. The summed E-state index contributed by atoms with van der Waals surface area (Å²) in [6.45, 7) is 7.89. The van der Waals surface area contributed by atoms with Crippen molar-refractivity contribution in [3.63, 3.8) is 0 Å². The predicted octanol–water partition coefficient (Wildman–Crippen LogP) is 1.82. The second-order valence-corrected chi connectivity index (χ2v) is 5.56. The Morgan fingerprint density at radius 2 is 1.80 bits per heavy atom. The van der Waals surface area contributed by atoms with Crippen LogP contribution in [0.15, 0.2) is 0 Å². The van der Waals surface area contributed by atoms with Crippen molar-refractivity contribution >= 4 is 11.9 Å². The van der Waals surface area contributed by atoms with Crippen molar-refractivity contribution in [3.8, 4) is 0 Å². The highest BCUT2D eigenvalue weighted by atomic mass is 16.4. The number of rotatable bonds is 8. The third kappa shape index (κ3) is 5.49. The highest BCUT2D eigenvalue weighted by molar-refractivity contribution is 5.78. The molecule has 0 radical (unpaired) electrons. The molecule has 116 valence electrons. The normalized spacial score (nSPS) is 18.0. The Balaban J connectivity index is 2.35. The first-order chi connectivity index (χ1) is 9.58. The Labute approximate surface area is 121 Å². The lowest BCUT2D eigenvalue weighted by atomic mass is 9.97. The smallest absolute Gasteiger partial charge is 0.304 e. The van der Waals surface area contributed by atoms with Crippen LogP contribution in [0, 0.1) is 5.92 Å². The number of amides is 1. The van der Waals surface area contributed by atoms with E-state index in [1.807, 2.05) is 4.90 Å². The maximum atomic E-state index is 12.4. The Morgan fingerprint density at radius 3 is 2.30 bits per heavy atom. The predicted molar refractivity (Wildman–Crippen MR) is 78.6 cm³/mol. The molecular weight excluding hydrogens is 256 g/mol. The van der Waals surface area contributed by atoms with Gasteiger partial charge in [-0.3, -0.25) is 14.5 Å². The number of hydrogen-bond donors (Lipinski definition) is 1. The molecule has 0 aliphatic carbocycles. The van der Waals surface area contributed by atoms with E-state index < -0.39 is 5.97 Å². The molecular formula is C15H28N2O3. The van der Waals surface area contributed by atoms with Crippen LogP contribution in [0.2, 0.25) is 0 Å². The molecule has 1 saturated heterocycles. The van der Waals surface area contributed by atoms with Crippen molar-refractivity contribution in [2.45, 2.75) is 46.0 Å². The Bertz CT molecular complexity index is 312. The van der Waals surface area contributed by atoms with Gasteiger partial charge in [-0.1, -0.05) is 26.7 Å². The maximum absolute atomic E-state index is 12.4. The van der Waals surface area contributed by atoms with E-state index in [1.165, 1.54) is 0 Å². The standard InChI is InChI=1S/C15H28N2O3/c1-3-5-6-13(4-2)15(20)17-11-9-16(10-12-17)8-7-14(18)19/h13H,3-12H2,1-2H3,(H,18,19). The van der Waals surface area contributed by atoms with E-state index in [-0.39, 0.29) is 12.3 Å². The second-order valence-electron chi connectivity index (χ2n) is 5.56. The van der Waals surface area contributed by atoms with Gasteiger partial charge in [-0.25, -0.2) is 0 Å². The van der Waals surface area contributed by atoms with Gasteiger partial charge in [0.25, 0.3) is 0 Å². The first kappa shape index (κ1) is 17.0. The van der Waals surface area contributed by atoms with Gasteiger partial charge in [0.05, 0.1) is 6.42 Å². The number of carbonyl (C=O) groups excluding carboxylic acids is 1. The maximum Gasteiger partial charge on any atom is 0.304 e. The van der Waals surface area contributed by atoms with Gasteiger partial charge in [0.15, 0.2) is 0 Å². The number of nitrogens with zero attached hydrogens (tertiary/aromatic N) is 2. The van der Waals surface area contributed by atoms with Crippen LogP contribution in [0.1, 0.15) is 46.0 Å². The molecule has 1 atom stereocenters. The third-order valence-corrected chi connectivity index (χ3v) is 4.07. The molecule has 1 unspecified atom stereocenters. The zero-order valence-corrected chi connectivity index (χ0v) is 12.8. The molecule has 0 bridgehead atoms. The molecule has 1 aliphatic heterocycles. The highest BCUT2D eigenvalue weighted by Gasteiger charge is 2.26. The van der Waals surface area contributed by atoms with E-state index in [2.05, 4.69) is 18.7 Å². The van der Waals surface area contributed by atoms with Crippen LogP contribution in [0.5, 0.6) is 0 Å². The van der Waals surface area contributed by atoms with Crippen molar-refractivity contribution in [2.24, 2.45) is 5.92 Å². The van der Waals surface area contributed by atoms with Crippen molar-refractivity contribution in [2.75, 3.05) is 32.7 Å². The van der Waals surface area contributed by atoms with Gasteiger partial charge in [-0.15, -0.1) is 0 Å². The lowest BCUT2D eigenvalue weighted by Crippen LogP contribution is -2.50. The number of carboxylic acid groups (broad SMARTS) is 1. The number of piperazine rings is 1. The molecule has 1 heterocycles. The van der Waals surface area contributed by atoms with Gasteiger partial charge in [0, 0.05) is 38.6 Å². The number of carboxylic acids is 1. The SMILES string of the molecule is CCCCC(CC)C(=O)N1CCN(CCC(=O)O)CC1. The molecule has 5 nitrogen and oxygen atoms in total. The molecule has 1 N–H and O–H groups in total. The van der Waals surface area contributed by atoms with Crippen molar-refractivity contribution < 1.29 is 14.7 Å². The van der Waals surface area contributed by atoms with E-state index in [0.717, 1.165) is 51.9 Å². The zero-order valence-electron chi connectivity index (χ0n) is 12.8. The molecule has 1 aliphatic rings. The first-order valence-electron chi connectivity index (χ1n) is 7.81. The lowest BCUT2D eigenvalue weighted by Gasteiger charge is -2.36. The Kier molecular flexibility index (Phi) is 7.59. The van der Waals surface area contributed by atoms with Crippen LogP contribution >= 0.6 is 0 Å². The minimum Gasteiger partial charge on any atom is -0.481 e. The average molecular weight is 284 g/mol. The second kappa shape index (κ2) is 8.95. The van der Waals surface area contributed by atoms with Gasteiger partial charge in [0.2, 0.25) is 5.91 Å². The van der Waals surface area contributed by atoms with Gasteiger partial charge < -0.3 is 10.0 Å². The summed E-state index contributed by atoms with van der Waals surface area (Å²) in [6.07, 6.45) is 4.33. The average Bonchev–Trinajstić information content (AvgIpc) is 2.46. The fourth-order valence-electron chi connectivity index (χ4n) is 2.66. The van der Waals surface area contributed by atoms with E-state index in [1.54, 1.807) is 0 Å². The fourth-order valence-corrected chi connectivity index (χ4v) is 2.66. The van der Waals surface area contributed by atoms with Gasteiger partial charge in [-0.2, -0.15) is 0 Å². The van der Waals surface area contributed by atoms with Crippen molar-refractivity contribution in [1.82, 2.24) is 9.80 Å². The number of hydrogen-bond acceptors (Lipinski definition) is 3. The van der Waals surface area contributed by atoms with E-state index in [9.17, 15) is 9.59 Å². The molecule has 0 aromatic heterocycles. The van der Waals surface area contributed by atoms with Crippen LogP contribution in [0.4, 0.5) is 0 Å². The molecule has 0 aromatic rings. The lowest BCUT2D eigenvalue weighted by molar-refractivity contribution is -0.140. The molecule has 1 fully saturated rings. The van der Waals surface area contributed by atoms with E-state index in [4.69, 9.17) is 5.11 Å². The summed E-state index contributed by atoms with van der Waals surface area (Å²) < 4.78 is 0. The third-order valence-electron chi connectivity index (χ3n) is 4.07. The summed E-state index contributed by atoms with van der Waals surface area (Å²) in [5.41, 5.74) is 0. The molecule has 1 amide bonds. The summed E-state index contributed by atoms with van der Waals surface area (Å²) in [4.78, 5) is 27.1.